The predicted molar refractivity (Wildman–Crippen MR) is 163 cm³/mol. The number of benzene rings is 1. The maximum atomic E-state index is 14.1. The van der Waals surface area contributed by atoms with Gasteiger partial charge in [-0.1, -0.05) is 41.4 Å². The predicted octanol–water partition coefficient (Wildman–Crippen LogP) is 8.63. The Kier molecular flexibility index (Phi) is 8.96. The van der Waals surface area contributed by atoms with Gasteiger partial charge in [-0.15, -0.1) is 0 Å². The third-order valence-corrected chi connectivity index (χ3v) is 11.2. The molecule has 38 heavy (non-hydrogen) atoms. The summed E-state index contributed by atoms with van der Waals surface area (Å²) in [6.45, 7) is 19.0. The molecule has 6 atom stereocenters. The number of halogens is 1. The Balaban J connectivity index is 1.59. The molecule has 0 bridgehead atoms. The van der Waals surface area contributed by atoms with Crippen molar-refractivity contribution in [1.82, 2.24) is 4.90 Å². The first-order valence-corrected chi connectivity index (χ1v) is 19.2. The molecular formula is C32H50BrNO3Si. The molecule has 1 saturated heterocycles. The summed E-state index contributed by atoms with van der Waals surface area (Å²) in [5, 5.41) is 0. The fourth-order valence-electron chi connectivity index (χ4n) is 8.39. The lowest BCUT2D eigenvalue weighted by Crippen LogP contribution is -2.46. The van der Waals surface area contributed by atoms with Crippen molar-refractivity contribution in [1.29, 1.82) is 0 Å². The lowest BCUT2D eigenvalue weighted by Gasteiger charge is -2.45. The Morgan fingerprint density at radius 3 is 2.61 bits per heavy atom. The molecule has 2 aliphatic carbocycles. The molecule has 4 rings (SSSR count). The van der Waals surface area contributed by atoms with E-state index in [2.05, 4.69) is 84.4 Å². The second kappa shape index (κ2) is 11.4. The first kappa shape index (κ1) is 29.9. The van der Waals surface area contributed by atoms with Crippen LogP contribution >= 0.6 is 15.9 Å². The van der Waals surface area contributed by atoms with Crippen LogP contribution in [0.4, 0.5) is 0 Å². The minimum absolute atomic E-state index is 0.161. The van der Waals surface area contributed by atoms with Gasteiger partial charge in [0.05, 0.1) is 6.61 Å². The number of likely N-dealkylation sites (tertiary alicyclic amines) is 1. The van der Waals surface area contributed by atoms with Gasteiger partial charge in [0.1, 0.15) is 11.4 Å². The summed E-state index contributed by atoms with van der Waals surface area (Å²) in [6.07, 6.45) is 8.28. The molecule has 1 aromatic rings. The fraction of sp³-hybridized carbons (Fsp3) is 0.719. The smallest absolute Gasteiger partial charge is 0.254 e. The van der Waals surface area contributed by atoms with E-state index >= 15 is 0 Å². The van der Waals surface area contributed by atoms with E-state index < -0.39 is 13.9 Å². The van der Waals surface area contributed by atoms with Gasteiger partial charge in [-0.2, -0.15) is 0 Å². The van der Waals surface area contributed by atoms with Crippen LogP contribution in [0, 0.1) is 30.1 Å². The number of allylic oxidation sites excluding steroid dienone is 1. The summed E-state index contributed by atoms with van der Waals surface area (Å²) in [5.41, 5.74) is 3.56. The first-order valence-electron chi connectivity index (χ1n) is 14.8. The Morgan fingerprint density at radius 1 is 1.21 bits per heavy atom. The van der Waals surface area contributed by atoms with Crippen LogP contribution in [0.15, 0.2) is 28.8 Å². The van der Waals surface area contributed by atoms with Crippen LogP contribution in [-0.2, 0) is 15.8 Å². The minimum Gasteiger partial charge on any atom is -0.494 e. The van der Waals surface area contributed by atoms with Crippen molar-refractivity contribution in [2.24, 2.45) is 23.2 Å². The van der Waals surface area contributed by atoms with E-state index in [9.17, 15) is 4.79 Å². The molecule has 2 unspecified atom stereocenters. The van der Waals surface area contributed by atoms with Gasteiger partial charge in [0.2, 0.25) is 0 Å². The maximum absolute atomic E-state index is 14.1. The number of nitrogens with zero attached hydrogens (tertiary/aromatic N) is 1. The van der Waals surface area contributed by atoms with Gasteiger partial charge in [0, 0.05) is 19.0 Å². The van der Waals surface area contributed by atoms with Crippen molar-refractivity contribution in [3.05, 3.63) is 39.9 Å². The summed E-state index contributed by atoms with van der Waals surface area (Å²) in [6, 6.07) is 6.57. The molecule has 3 fully saturated rings. The number of hydrogen-bond donors (Lipinski definition) is 0. The molecule has 0 radical (unpaired) electrons. The van der Waals surface area contributed by atoms with Crippen molar-refractivity contribution in [3.63, 3.8) is 0 Å². The van der Waals surface area contributed by atoms with Gasteiger partial charge in [0.15, 0.2) is 8.32 Å². The van der Waals surface area contributed by atoms with Gasteiger partial charge in [-0.05, 0) is 130 Å². The average Bonchev–Trinajstić information content (AvgIpc) is 3.27. The van der Waals surface area contributed by atoms with Crippen molar-refractivity contribution in [3.8, 4) is 5.75 Å². The molecular weight excluding hydrogens is 554 g/mol. The van der Waals surface area contributed by atoms with E-state index in [0.29, 0.717) is 36.3 Å². The van der Waals surface area contributed by atoms with E-state index in [4.69, 9.17) is 9.16 Å². The molecule has 3 aliphatic rings. The van der Waals surface area contributed by atoms with Crippen molar-refractivity contribution >= 4 is 30.2 Å². The van der Waals surface area contributed by atoms with E-state index in [-0.39, 0.29) is 11.9 Å². The Morgan fingerprint density at radius 2 is 1.95 bits per heavy atom. The number of rotatable bonds is 9. The van der Waals surface area contributed by atoms with Gasteiger partial charge in [0.25, 0.3) is 5.91 Å². The molecule has 2 saturated carbocycles. The molecule has 1 amide bonds. The van der Waals surface area contributed by atoms with Crippen LogP contribution in [0.2, 0.25) is 19.6 Å². The summed E-state index contributed by atoms with van der Waals surface area (Å²) in [4.78, 5) is 18.4. The maximum Gasteiger partial charge on any atom is 0.254 e. The zero-order valence-electron chi connectivity index (χ0n) is 25.0. The van der Waals surface area contributed by atoms with Gasteiger partial charge in [-0.25, -0.2) is 0 Å². The molecule has 0 spiro atoms. The summed E-state index contributed by atoms with van der Waals surface area (Å²) in [5.74, 6) is 3.01. The molecule has 6 heteroatoms. The third kappa shape index (κ3) is 6.12. The summed E-state index contributed by atoms with van der Waals surface area (Å²) < 4.78 is 12.5. The fourth-order valence-corrected chi connectivity index (χ4v) is 10.5. The monoisotopic (exact) mass is 603 g/mol. The number of hydrogen-bond acceptors (Lipinski definition) is 3. The quantitative estimate of drug-likeness (QED) is 0.265. The average molecular weight is 605 g/mol. The zero-order valence-corrected chi connectivity index (χ0v) is 27.6. The number of carbonyl (C=O) groups excluding carboxylic acids is 1. The topological polar surface area (TPSA) is 38.8 Å². The highest BCUT2D eigenvalue weighted by Gasteiger charge is 2.54. The van der Waals surface area contributed by atoms with Crippen LogP contribution in [0.3, 0.4) is 0 Å². The lowest BCUT2D eigenvalue weighted by molar-refractivity contribution is -0.141. The second-order valence-corrected chi connectivity index (χ2v) is 18.7. The van der Waals surface area contributed by atoms with Crippen molar-refractivity contribution in [2.75, 3.05) is 6.61 Å². The van der Waals surface area contributed by atoms with E-state index in [0.717, 1.165) is 24.2 Å². The number of amides is 1. The van der Waals surface area contributed by atoms with E-state index in [1.54, 1.807) is 5.57 Å². The van der Waals surface area contributed by atoms with E-state index in [1.165, 1.54) is 37.7 Å². The molecule has 0 N–H and O–H groups in total. The largest absolute Gasteiger partial charge is 0.494 e. The highest BCUT2D eigenvalue weighted by molar-refractivity contribution is 9.11. The van der Waals surface area contributed by atoms with Crippen LogP contribution in [-0.4, -0.2) is 37.4 Å². The Labute approximate surface area is 241 Å². The zero-order chi connectivity index (χ0) is 27.9. The lowest BCUT2D eigenvalue weighted by atomic mass is 9.61. The molecule has 1 heterocycles. The molecule has 1 aliphatic heterocycles. The minimum atomic E-state index is -1.91. The van der Waals surface area contributed by atoms with Crippen LogP contribution in [0.25, 0.3) is 0 Å². The summed E-state index contributed by atoms with van der Waals surface area (Å²) >= 11 is 3.68. The van der Waals surface area contributed by atoms with Crippen molar-refractivity contribution in [2.45, 2.75) is 117 Å². The molecule has 0 aromatic heterocycles. The second-order valence-electron chi connectivity index (χ2n) is 13.8. The number of fused-ring (bicyclic) bond motifs is 1. The summed E-state index contributed by atoms with van der Waals surface area (Å²) in [7, 11) is -1.91. The number of ether oxygens (including phenoxy) is 1. The highest BCUT2D eigenvalue weighted by atomic mass is 79.9. The SMILES string of the molecule is CCOc1cc(C)cc(CN2C(=O)C(C)(O[Si](C)(C)C)CC2C[C@@H](C)[C@H]2CC[C@H]3/C(=C/Br)CCC[C@]23C)c1. The van der Waals surface area contributed by atoms with Crippen molar-refractivity contribution < 1.29 is 14.0 Å². The van der Waals surface area contributed by atoms with Crippen LogP contribution in [0.1, 0.15) is 83.8 Å². The van der Waals surface area contributed by atoms with Gasteiger partial charge in [-0.3, -0.25) is 4.79 Å². The number of aryl methyl sites for hydroxylation is 1. The standard InChI is InChI=1S/C32H50BrNO3Si/c1-9-36-27-16-22(2)15-24(18-27)21-34-26(19-32(5,30(34)35)37-38(6,7)8)17-23(3)28-12-13-29-25(20-33)11-10-14-31(28,29)4/h15-16,18,20,23,26,28-29H,9-14,17,19,21H2,1-8H3/b25-20+/t23-,26?,28-,29+,31-,32?/m1/s1. The first-order chi connectivity index (χ1) is 17.8. The van der Waals surface area contributed by atoms with Crippen LogP contribution in [0.5, 0.6) is 5.75 Å². The highest BCUT2D eigenvalue weighted by Crippen LogP contribution is 2.60. The molecule has 1 aromatic carbocycles. The Hall–Kier alpha value is -1.11. The van der Waals surface area contributed by atoms with E-state index in [1.807, 2.05) is 13.8 Å². The normalized spacial score (nSPS) is 33.6. The molecule has 4 nitrogen and oxygen atoms in total. The Bertz CT molecular complexity index is 1050. The van der Waals surface area contributed by atoms with Gasteiger partial charge < -0.3 is 14.1 Å². The molecule has 212 valence electrons. The third-order valence-electron chi connectivity index (χ3n) is 9.59. The van der Waals surface area contributed by atoms with Gasteiger partial charge >= 0.3 is 0 Å². The number of carbonyl (C=O) groups is 1. The van der Waals surface area contributed by atoms with Crippen LogP contribution < -0.4 is 4.74 Å².